The van der Waals surface area contributed by atoms with E-state index in [-0.39, 0.29) is 5.92 Å². The lowest BCUT2D eigenvalue weighted by Crippen LogP contribution is -2.39. The Hall–Kier alpha value is -0.570. The quantitative estimate of drug-likeness (QED) is 0.783. The van der Waals surface area contributed by atoms with Gasteiger partial charge in [0.15, 0.2) is 0 Å². The van der Waals surface area contributed by atoms with Crippen molar-refractivity contribution in [2.45, 2.75) is 45.6 Å². The van der Waals surface area contributed by atoms with Crippen LogP contribution in [-0.2, 0) is 4.79 Å². The highest BCUT2D eigenvalue weighted by Gasteiger charge is 2.35. The Morgan fingerprint density at radius 3 is 2.31 bits per heavy atom. The van der Waals surface area contributed by atoms with Crippen molar-refractivity contribution >= 4 is 5.97 Å². The van der Waals surface area contributed by atoms with Gasteiger partial charge in [0.1, 0.15) is 0 Å². The lowest BCUT2D eigenvalue weighted by molar-refractivity contribution is -0.141. The third-order valence-corrected chi connectivity index (χ3v) is 4.24. The molecule has 2 aliphatic rings. The standard InChI is InChI=1S/C13H23NO2/c1-9-5-10(2)7-12(6-9)14-4-3-11(8-14)13(15)16/h9-12H,3-8H2,1-2H3,(H,15,16). The smallest absolute Gasteiger partial charge is 0.307 e. The Morgan fingerprint density at radius 2 is 1.81 bits per heavy atom. The van der Waals surface area contributed by atoms with Gasteiger partial charge in [0.2, 0.25) is 0 Å². The van der Waals surface area contributed by atoms with Gasteiger partial charge >= 0.3 is 5.97 Å². The summed E-state index contributed by atoms with van der Waals surface area (Å²) in [5.41, 5.74) is 0. The molecule has 0 bridgehead atoms. The number of aliphatic carboxylic acids is 1. The molecule has 3 atom stereocenters. The largest absolute Gasteiger partial charge is 0.481 e. The number of carbonyl (C=O) groups is 1. The Balaban J connectivity index is 1.91. The number of carboxylic acid groups (broad SMARTS) is 1. The van der Waals surface area contributed by atoms with Gasteiger partial charge in [-0.2, -0.15) is 0 Å². The second-order valence-corrected chi connectivity index (χ2v) is 5.89. The summed E-state index contributed by atoms with van der Waals surface area (Å²) >= 11 is 0. The lowest BCUT2D eigenvalue weighted by Gasteiger charge is -2.37. The van der Waals surface area contributed by atoms with Crippen LogP contribution in [0.3, 0.4) is 0 Å². The molecule has 0 amide bonds. The highest BCUT2D eigenvalue weighted by atomic mass is 16.4. The van der Waals surface area contributed by atoms with Crippen LogP contribution in [0.5, 0.6) is 0 Å². The molecule has 2 fully saturated rings. The van der Waals surface area contributed by atoms with Gasteiger partial charge in [-0.25, -0.2) is 0 Å². The molecular formula is C13H23NO2. The summed E-state index contributed by atoms with van der Waals surface area (Å²) in [7, 11) is 0. The molecule has 16 heavy (non-hydrogen) atoms. The van der Waals surface area contributed by atoms with Crippen molar-refractivity contribution in [1.82, 2.24) is 4.90 Å². The maximum Gasteiger partial charge on any atom is 0.307 e. The minimum Gasteiger partial charge on any atom is -0.481 e. The average molecular weight is 225 g/mol. The van der Waals surface area contributed by atoms with E-state index in [2.05, 4.69) is 18.7 Å². The monoisotopic (exact) mass is 225 g/mol. The zero-order valence-corrected chi connectivity index (χ0v) is 10.4. The van der Waals surface area contributed by atoms with Gasteiger partial charge in [0.25, 0.3) is 0 Å². The summed E-state index contributed by atoms with van der Waals surface area (Å²) in [6, 6.07) is 0.642. The van der Waals surface area contributed by atoms with E-state index in [1.54, 1.807) is 0 Å². The van der Waals surface area contributed by atoms with Crippen molar-refractivity contribution in [2.24, 2.45) is 17.8 Å². The predicted molar refractivity (Wildman–Crippen MR) is 63.3 cm³/mol. The van der Waals surface area contributed by atoms with Crippen molar-refractivity contribution in [3.63, 3.8) is 0 Å². The van der Waals surface area contributed by atoms with E-state index >= 15 is 0 Å². The van der Waals surface area contributed by atoms with Gasteiger partial charge in [-0.1, -0.05) is 13.8 Å². The summed E-state index contributed by atoms with van der Waals surface area (Å²) in [6.45, 7) is 6.42. The van der Waals surface area contributed by atoms with Crippen molar-refractivity contribution < 1.29 is 9.90 Å². The van der Waals surface area contributed by atoms with Crippen molar-refractivity contribution in [2.75, 3.05) is 13.1 Å². The second kappa shape index (κ2) is 4.74. The topological polar surface area (TPSA) is 40.5 Å². The minimum absolute atomic E-state index is 0.118. The molecule has 3 unspecified atom stereocenters. The van der Waals surface area contributed by atoms with Crippen LogP contribution >= 0.6 is 0 Å². The van der Waals surface area contributed by atoms with Crippen LogP contribution < -0.4 is 0 Å². The highest BCUT2D eigenvalue weighted by molar-refractivity contribution is 5.70. The second-order valence-electron chi connectivity index (χ2n) is 5.89. The fourth-order valence-electron chi connectivity index (χ4n) is 3.52. The zero-order valence-electron chi connectivity index (χ0n) is 10.4. The van der Waals surface area contributed by atoms with Crippen LogP contribution in [0.25, 0.3) is 0 Å². The fourth-order valence-corrected chi connectivity index (χ4v) is 3.52. The molecule has 3 heteroatoms. The van der Waals surface area contributed by atoms with Crippen LogP contribution in [-0.4, -0.2) is 35.1 Å². The zero-order chi connectivity index (χ0) is 11.7. The third-order valence-electron chi connectivity index (χ3n) is 4.24. The Labute approximate surface area is 97.8 Å². The molecule has 0 aromatic heterocycles. The Morgan fingerprint density at radius 1 is 1.19 bits per heavy atom. The number of hydrogen-bond donors (Lipinski definition) is 1. The van der Waals surface area contributed by atoms with Crippen LogP contribution in [0, 0.1) is 17.8 Å². The molecule has 0 radical (unpaired) electrons. The van der Waals surface area contributed by atoms with Crippen LogP contribution in [0.4, 0.5) is 0 Å². The predicted octanol–water partition coefficient (Wildman–Crippen LogP) is 2.22. The maximum absolute atomic E-state index is 10.9. The molecule has 1 heterocycles. The SMILES string of the molecule is CC1CC(C)CC(N2CCC(C(=O)O)C2)C1. The van der Waals surface area contributed by atoms with E-state index in [4.69, 9.17) is 5.11 Å². The van der Waals surface area contributed by atoms with E-state index in [0.717, 1.165) is 31.3 Å². The number of hydrogen-bond acceptors (Lipinski definition) is 2. The number of rotatable bonds is 2. The molecule has 1 aliphatic carbocycles. The first-order valence-corrected chi connectivity index (χ1v) is 6.53. The van der Waals surface area contributed by atoms with E-state index < -0.39 is 5.97 Å². The first kappa shape index (κ1) is 11.9. The van der Waals surface area contributed by atoms with Gasteiger partial charge < -0.3 is 5.11 Å². The van der Waals surface area contributed by atoms with Gasteiger partial charge in [-0.15, -0.1) is 0 Å². The van der Waals surface area contributed by atoms with Crippen LogP contribution in [0.15, 0.2) is 0 Å². The van der Waals surface area contributed by atoms with Crippen LogP contribution in [0.2, 0.25) is 0 Å². The summed E-state index contributed by atoms with van der Waals surface area (Å²) < 4.78 is 0. The maximum atomic E-state index is 10.9. The summed E-state index contributed by atoms with van der Waals surface area (Å²) in [5.74, 6) is 0.877. The fraction of sp³-hybridized carbons (Fsp3) is 0.923. The molecule has 1 aliphatic heterocycles. The molecule has 1 saturated carbocycles. The molecule has 2 rings (SSSR count). The highest BCUT2D eigenvalue weighted by Crippen LogP contribution is 2.33. The molecule has 3 nitrogen and oxygen atoms in total. The minimum atomic E-state index is -0.612. The van der Waals surface area contributed by atoms with Crippen molar-refractivity contribution in [3.8, 4) is 0 Å². The van der Waals surface area contributed by atoms with Gasteiger partial charge in [-0.05, 0) is 44.1 Å². The summed E-state index contributed by atoms with van der Waals surface area (Å²) in [5, 5.41) is 9.01. The van der Waals surface area contributed by atoms with Gasteiger partial charge in [0, 0.05) is 12.6 Å². The molecule has 92 valence electrons. The molecule has 0 spiro atoms. The van der Waals surface area contributed by atoms with Crippen LogP contribution in [0.1, 0.15) is 39.5 Å². The summed E-state index contributed by atoms with van der Waals surface area (Å²) in [4.78, 5) is 13.4. The van der Waals surface area contributed by atoms with Crippen molar-refractivity contribution in [3.05, 3.63) is 0 Å². The van der Waals surface area contributed by atoms with E-state index in [1.165, 1.54) is 19.3 Å². The third kappa shape index (κ3) is 2.57. The molecule has 1 N–H and O–H groups in total. The number of nitrogens with zero attached hydrogens (tertiary/aromatic N) is 1. The Bertz CT molecular complexity index is 257. The average Bonchev–Trinajstić information content (AvgIpc) is 2.64. The van der Waals surface area contributed by atoms with E-state index in [1.807, 2.05) is 0 Å². The molecular weight excluding hydrogens is 202 g/mol. The first-order chi connectivity index (χ1) is 7.56. The van der Waals surface area contributed by atoms with Gasteiger partial charge in [0.05, 0.1) is 5.92 Å². The number of carboxylic acids is 1. The molecule has 0 aromatic rings. The van der Waals surface area contributed by atoms with Gasteiger partial charge in [-0.3, -0.25) is 9.69 Å². The van der Waals surface area contributed by atoms with E-state index in [0.29, 0.717) is 6.04 Å². The molecule has 1 saturated heterocycles. The lowest BCUT2D eigenvalue weighted by atomic mass is 9.80. The van der Waals surface area contributed by atoms with E-state index in [9.17, 15) is 4.79 Å². The summed E-state index contributed by atoms with van der Waals surface area (Å²) in [6.07, 6.45) is 4.70. The molecule has 0 aromatic carbocycles. The van der Waals surface area contributed by atoms with Crippen molar-refractivity contribution in [1.29, 1.82) is 0 Å². The Kier molecular flexibility index (Phi) is 3.53. The number of likely N-dealkylation sites (tertiary alicyclic amines) is 1. The first-order valence-electron chi connectivity index (χ1n) is 6.53. The normalized spacial score (nSPS) is 41.1.